The number of likely N-dealkylation sites (tertiary alicyclic amines) is 1. The molecule has 3 aromatic carbocycles. The Morgan fingerprint density at radius 1 is 0.744 bits per heavy atom. The van der Waals surface area contributed by atoms with Gasteiger partial charge in [0.1, 0.15) is 0 Å². The van der Waals surface area contributed by atoms with Gasteiger partial charge >= 0.3 is 0 Å². The van der Waals surface area contributed by atoms with Gasteiger partial charge in [-0.2, -0.15) is 0 Å². The summed E-state index contributed by atoms with van der Waals surface area (Å²) in [7, 11) is 0. The van der Waals surface area contributed by atoms with Gasteiger partial charge < -0.3 is 5.73 Å². The van der Waals surface area contributed by atoms with Gasteiger partial charge in [0, 0.05) is 43.9 Å². The number of carbonyl (C=O) groups excluding carboxylic acids is 1. The lowest BCUT2D eigenvalue weighted by atomic mass is 9.90. The van der Waals surface area contributed by atoms with Crippen LogP contribution in [0, 0.1) is 5.92 Å². The average molecular weight is 569 g/mol. The van der Waals surface area contributed by atoms with E-state index in [2.05, 4.69) is 70.5 Å². The Morgan fingerprint density at radius 3 is 2.15 bits per heavy atom. The van der Waals surface area contributed by atoms with Gasteiger partial charge in [-0.15, -0.1) is 24.8 Å². The number of nitrogen functional groups attached to an aromatic ring is 1. The summed E-state index contributed by atoms with van der Waals surface area (Å²) in [4.78, 5) is 18.1. The molecular formula is C33H43Cl2N3O. The minimum atomic E-state index is 0. The molecule has 2 aliphatic rings. The number of Topliss-reactive ketones (excluding diaryl/α,β-unsaturated/α-hetero) is 1. The van der Waals surface area contributed by atoms with Crippen LogP contribution in [0.1, 0.15) is 64.7 Å². The summed E-state index contributed by atoms with van der Waals surface area (Å²) >= 11 is 0. The zero-order valence-corrected chi connectivity index (χ0v) is 24.5. The normalized spacial score (nSPS) is 16.4. The van der Waals surface area contributed by atoms with Crippen LogP contribution in [0.3, 0.4) is 0 Å². The van der Waals surface area contributed by atoms with Crippen LogP contribution in [0.15, 0.2) is 72.8 Å². The number of nitrogens with two attached hydrogens (primary N) is 1. The van der Waals surface area contributed by atoms with Crippen molar-refractivity contribution in [1.82, 2.24) is 9.80 Å². The molecule has 0 amide bonds. The Labute approximate surface area is 246 Å². The van der Waals surface area contributed by atoms with E-state index < -0.39 is 0 Å². The largest absolute Gasteiger partial charge is 0.399 e. The molecule has 1 saturated heterocycles. The fourth-order valence-electron chi connectivity index (χ4n) is 6.02. The van der Waals surface area contributed by atoms with Crippen LogP contribution >= 0.6 is 24.8 Å². The molecule has 0 spiro atoms. The fourth-order valence-corrected chi connectivity index (χ4v) is 6.02. The van der Waals surface area contributed by atoms with Crippen molar-refractivity contribution in [2.75, 3.05) is 31.9 Å². The highest BCUT2D eigenvalue weighted by atomic mass is 35.5. The van der Waals surface area contributed by atoms with Crippen molar-refractivity contribution in [2.24, 2.45) is 5.92 Å². The van der Waals surface area contributed by atoms with Crippen molar-refractivity contribution >= 4 is 36.3 Å². The summed E-state index contributed by atoms with van der Waals surface area (Å²) in [6.07, 6.45) is 7.38. The summed E-state index contributed by atoms with van der Waals surface area (Å²) in [5, 5.41) is 0. The van der Waals surface area contributed by atoms with Gasteiger partial charge in [0.2, 0.25) is 0 Å². The standard InChI is InChI=1S/C33H41N3O.2ClH/c34-32-10-4-9-28(22-32)25-35-18-14-26(15-19-35)8-5-11-33(37)31-13-12-29-16-20-36(21-17-30(29)23-31)24-27-6-2-1-3-7-27;;/h1-4,6-7,9-10,12-13,22-23,26H,5,8,11,14-21,24-25,34H2;2*1H. The number of ketones is 1. The van der Waals surface area contributed by atoms with E-state index in [0.717, 1.165) is 82.1 Å². The highest BCUT2D eigenvalue weighted by Crippen LogP contribution is 2.25. The van der Waals surface area contributed by atoms with Crippen molar-refractivity contribution in [3.05, 3.63) is 101 Å². The van der Waals surface area contributed by atoms with Gasteiger partial charge in [-0.05, 0) is 98.0 Å². The van der Waals surface area contributed by atoms with Crippen LogP contribution in [0.5, 0.6) is 0 Å². The number of hydrogen-bond donors (Lipinski definition) is 1. The third-order valence-electron chi connectivity index (χ3n) is 8.25. The monoisotopic (exact) mass is 567 g/mol. The molecule has 5 rings (SSSR count). The number of rotatable bonds is 9. The van der Waals surface area contributed by atoms with Gasteiger partial charge in [-0.3, -0.25) is 14.6 Å². The first-order chi connectivity index (χ1) is 18.1. The third kappa shape index (κ3) is 9.08. The summed E-state index contributed by atoms with van der Waals surface area (Å²) in [5.41, 5.74) is 13.1. The van der Waals surface area contributed by atoms with Crippen molar-refractivity contribution in [3.63, 3.8) is 0 Å². The molecule has 210 valence electrons. The lowest BCUT2D eigenvalue weighted by Crippen LogP contribution is -2.33. The van der Waals surface area contributed by atoms with E-state index in [9.17, 15) is 4.79 Å². The number of anilines is 1. The average Bonchev–Trinajstić information content (AvgIpc) is 3.12. The Kier molecular flexibility index (Phi) is 12.3. The fraction of sp³-hybridized carbons (Fsp3) is 0.424. The Balaban J connectivity index is 0.00000210. The second-order valence-electron chi connectivity index (χ2n) is 11.0. The number of nitrogens with zero attached hydrogens (tertiary/aromatic N) is 2. The van der Waals surface area contributed by atoms with Crippen LogP contribution in [0.4, 0.5) is 5.69 Å². The van der Waals surface area contributed by atoms with Crippen molar-refractivity contribution < 1.29 is 4.79 Å². The van der Waals surface area contributed by atoms with E-state index in [-0.39, 0.29) is 24.8 Å². The minimum absolute atomic E-state index is 0. The molecule has 0 aliphatic carbocycles. The predicted molar refractivity (Wildman–Crippen MR) is 167 cm³/mol. The molecule has 0 aromatic heterocycles. The predicted octanol–water partition coefficient (Wildman–Crippen LogP) is 6.98. The van der Waals surface area contributed by atoms with Gasteiger partial charge in [-0.25, -0.2) is 0 Å². The van der Waals surface area contributed by atoms with Crippen molar-refractivity contribution in [1.29, 1.82) is 0 Å². The number of carbonyl (C=O) groups is 1. The quantitative estimate of drug-likeness (QED) is 0.224. The molecule has 0 radical (unpaired) electrons. The highest BCUT2D eigenvalue weighted by Gasteiger charge is 2.20. The van der Waals surface area contributed by atoms with Crippen LogP contribution in [0.25, 0.3) is 0 Å². The van der Waals surface area contributed by atoms with Crippen molar-refractivity contribution in [2.45, 2.75) is 58.0 Å². The molecule has 3 aromatic rings. The van der Waals surface area contributed by atoms with E-state index in [4.69, 9.17) is 5.73 Å². The molecule has 0 unspecified atom stereocenters. The topological polar surface area (TPSA) is 49.6 Å². The van der Waals surface area contributed by atoms with Gasteiger partial charge in [0.15, 0.2) is 5.78 Å². The van der Waals surface area contributed by atoms with Gasteiger partial charge in [-0.1, -0.05) is 54.6 Å². The van der Waals surface area contributed by atoms with Crippen LogP contribution in [-0.4, -0.2) is 41.8 Å². The molecule has 6 heteroatoms. The Hall–Kier alpha value is -2.37. The second-order valence-corrected chi connectivity index (χ2v) is 11.0. The molecule has 0 atom stereocenters. The first-order valence-corrected chi connectivity index (χ1v) is 14.1. The van der Waals surface area contributed by atoms with Crippen LogP contribution in [-0.2, 0) is 25.9 Å². The van der Waals surface area contributed by atoms with Crippen LogP contribution < -0.4 is 5.73 Å². The maximum absolute atomic E-state index is 13.0. The van der Waals surface area contributed by atoms with E-state index in [1.807, 2.05) is 12.1 Å². The SMILES string of the molecule is Cl.Cl.Nc1cccc(CN2CCC(CCCC(=O)c3ccc4c(c3)CCN(Cc3ccccc3)CC4)CC2)c1. The summed E-state index contributed by atoms with van der Waals surface area (Å²) in [6.45, 7) is 6.39. The minimum Gasteiger partial charge on any atom is -0.399 e. The maximum atomic E-state index is 13.0. The zero-order valence-electron chi connectivity index (χ0n) is 22.9. The molecule has 39 heavy (non-hydrogen) atoms. The van der Waals surface area contributed by atoms with E-state index in [1.165, 1.54) is 35.1 Å². The lowest BCUT2D eigenvalue weighted by molar-refractivity contribution is 0.0974. The number of hydrogen-bond acceptors (Lipinski definition) is 4. The van der Waals surface area contributed by atoms with Gasteiger partial charge in [0.05, 0.1) is 0 Å². The smallest absolute Gasteiger partial charge is 0.162 e. The second kappa shape index (κ2) is 15.4. The number of piperidine rings is 1. The molecule has 4 nitrogen and oxygen atoms in total. The molecule has 0 bridgehead atoms. The molecule has 1 fully saturated rings. The van der Waals surface area contributed by atoms with Crippen LogP contribution in [0.2, 0.25) is 0 Å². The summed E-state index contributed by atoms with van der Waals surface area (Å²) in [6, 6.07) is 25.4. The Morgan fingerprint density at radius 2 is 1.41 bits per heavy atom. The molecule has 0 saturated carbocycles. The van der Waals surface area contributed by atoms with E-state index >= 15 is 0 Å². The van der Waals surface area contributed by atoms with Crippen molar-refractivity contribution in [3.8, 4) is 0 Å². The molecule has 2 N–H and O–H groups in total. The number of fused-ring (bicyclic) bond motifs is 1. The molecule has 2 heterocycles. The summed E-state index contributed by atoms with van der Waals surface area (Å²) < 4.78 is 0. The molecular weight excluding hydrogens is 525 g/mol. The third-order valence-corrected chi connectivity index (χ3v) is 8.25. The number of halogens is 2. The Bertz CT molecular complexity index is 1180. The van der Waals surface area contributed by atoms with E-state index in [0.29, 0.717) is 12.2 Å². The first-order valence-electron chi connectivity index (χ1n) is 14.1. The number of benzene rings is 3. The highest BCUT2D eigenvalue weighted by molar-refractivity contribution is 5.96. The zero-order chi connectivity index (χ0) is 25.5. The summed E-state index contributed by atoms with van der Waals surface area (Å²) in [5.74, 6) is 1.06. The lowest BCUT2D eigenvalue weighted by Gasteiger charge is -2.32. The molecule has 2 aliphatic heterocycles. The maximum Gasteiger partial charge on any atom is 0.162 e. The first kappa shape index (κ1) is 31.2. The van der Waals surface area contributed by atoms with E-state index in [1.54, 1.807) is 0 Å². The van der Waals surface area contributed by atoms with Gasteiger partial charge in [0.25, 0.3) is 0 Å².